The van der Waals surface area contributed by atoms with E-state index in [4.69, 9.17) is 0 Å². The van der Waals surface area contributed by atoms with Crippen LogP contribution in [0, 0.1) is 6.92 Å². The summed E-state index contributed by atoms with van der Waals surface area (Å²) in [4.78, 5) is 49.3. The smallest absolute Gasteiger partial charge is 0.356 e. The molecule has 0 saturated carbocycles. The first-order chi connectivity index (χ1) is 19.5. The van der Waals surface area contributed by atoms with Crippen molar-refractivity contribution in [1.82, 2.24) is 34.4 Å². The van der Waals surface area contributed by atoms with Crippen molar-refractivity contribution in [1.29, 1.82) is 0 Å². The molecule has 2 atom stereocenters. The van der Waals surface area contributed by atoms with Crippen LogP contribution in [-0.4, -0.2) is 64.7 Å². The molecule has 0 spiro atoms. The van der Waals surface area contributed by atoms with E-state index in [1.54, 1.807) is 51.4 Å². The van der Waals surface area contributed by atoms with E-state index in [-0.39, 0.29) is 35.1 Å². The zero-order valence-corrected chi connectivity index (χ0v) is 22.0. The first-order valence-electron chi connectivity index (χ1n) is 12.3. The molecule has 4 aromatic heterocycles. The van der Waals surface area contributed by atoms with E-state index >= 15 is 0 Å². The van der Waals surface area contributed by atoms with Crippen molar-refractivity contribution in [2.45, 2.75) is 39.0 Å². The highest BCUT2D eigenvalue weighted by Gasteiger charge is 2.41. The van der Waals surface area contributed by atoms with E-state index in [2.05, 4.69) is 30.2 Å². The Labute approximate surface area is 231 Å². The Morgan fingerprint density at radius 3 is 2.49 bits per heavy atom. The average Bonchev–Trinajstić information content (AvgIpc) is 3.31. The second-order valence-electron chi connectivity index (χ2n) is 9.28. The van der Waals surface area contributed by atoms with Gasteiger partial charge in [0.15, 0.2) is 11.5 Å². The fourth-order valence-corrected chi connectivity index (χ4v) is 4.45. The number of halogens is 3. The fraction of sp³-hybridized carbons (Fsp3) is 0.269. The Morgan fingerprint density at radius 1 is 1.10 bits per heavy atom. The number of hydrogen-bond acceptors (Lipinski definition) is 9. The molecule has 5 rings (SSSR count). The van der Waals surface area contributed by atoms with Gasteiger partial charge in [-0.3, -0.25) is 19.5 Å². The number of aromatic nitrogens is 6. The molecule has 41 heavy (non-hydrogen) atoms. The van der Waals surface area contributed by atoms with E-state index in [1.165, 1.54) is 26.5 Å². The van der Waals surface area contributed by atoms with Crippen LogP contribution in [0.25, 0.3) is 11.3 Å². The minimum absolute atomic E-state index is 0.0276. The summed E-state index contributed by atoms with van der Waals surface area (Å²) in [5.74, 6) is -1.61. The van der Waals surface area contributed by atoms with Gasteiger partial charge in [0.25, 0.3) is 5.91 Å². The predicted molar refractivity (Wildman–Crippen MR) is 139 cm³/mol. The van der Waals surface area contributed by atoms with Gasteiger partial charge in [0, 0.05) is 31.2 Å². The molecule has 1 unspecified atom stereocenters. The molecule has 0 bridgehead atoms. The zero-order chi connectivity index (χ0) is 29.5. The van der Waals surface area contributed by atoms with E-state index in [0.29, 0.717) is 11.5 Å². The Morgan fingerprint density at radius 2 is 1.83 bits per heavy atom. The van der Waals surface area contributed by atoms with Crippen LogP contribution >= 0.6 is 0 Å². The summed E-state index contributed by atoms with van der Waals surface area (Å²) in [6.45, 7) is 3.25. The number of aryl methyl sites for hydroxylation is 1. The molecule has 0 saturated heterocycles. The maximum absolute atomic E-state index is 13.6. The fourth-order valence-electron chi connectivity index (χ4n) is 4.45. The number of nitrogens with zero attached hydrogens (tertiary/aromatic N) is 8. The Kier molecular flexibility index (Phi) is 7.13. The van der Waals surface area contributed by atoms with Crippen molar-refractivity contribution in [3.05, 3.63) is 78.0 Å². The SMILES string of the molecule is Cc1nc2c(n1[C@@H](C)C(=O)Nc1cccc(-c3cnc(C(F)(F)F)nc3)n1)C(=O)N(Cc1ccccn1)C(O)N2C. The molecule has 0 aliphatic carbocycles. The molecule has 2 amide bonds. The van der Waals surface area contributed by atoms with Crippen molar-refractivity contribution in [3.8, 4) is 11.3 Å². The minimum Gasteiger partial charge on any atom is -0.356 e. The van der Waals surface area contributed by atoms with Crippen LogP contribution in [0.3, 0.4) is 0 Å². The third-order valence-corrected chi connectivity index (χ3v) is 6.52. The maximum Gasteiger partial charge on any atom is 0.451 e. The highest BCUT2D eigenvalue weighted by Crippen LogP contribution is 2.33. The van der Waals surface area contributed by atoms with Gasteiger partial charge in [0.1, 0.15) is 17.7 Å². The first-order valence-corrected chi connectivity index (χ1v) is 12.3. The molecule has 15 heteroatoms. The number of carbonyl (C=O) groups is 2. The average molecular weight is 568 g/mol. The quantitative estimate of drug-likeness (QED) is 0.360. The molecule has 1 aliphatic heterocycles. The summed E-state index contributed by atoms with van der Waals surface area (Å²) in [5, 5.41) is 13.5. The summed E-state index contributed by atoms with van der Waals surface area (Å²) < 4.78 is 39.9. The van der Waals surface area contributed by atoms with Gasteiger partial charge in [-0.2, -0.15) is 13.2 Å². The molecular weight excluding hydrogens is 543 g/mol. The summed E-state index contributed by atoms with van der Waals surface area (Å²) in [7, 11) is 1.59. The van der Waals surface area contributed by atoms with Crippen LogP contribution in [0.5, 0.6) is 0 Å². The van der Waals surface area contributed by atoms with Gasteiger partial charge in [-0.1, -0.05) is 12.1 Å². The summed E-state index contributed by atoms with van der Waals surface area (Å²) >= 11 is 0. The van der Waals surface area contributed by atoms with Gasteiger partial charge in [-0.05, 0) is 38.1 Å². The molecule has 4 aromatic rings. The number of aliphatic hydroxyl groups excluding tert-OH is 1. The van der Waals surface area contributed by atoms with E-state index in [1.807, 2.05) is 0 Å². The second-order valence-corrected chi connectivity index (χ2v) is 9.28. The Bertz CT molecular complexity index is 1590. The number of rotatable bonds is 6. The number of aliphatic hydroxyl groups is 1. The largest absolute Gasteiger partial charge is 0.451 e. The lowest BCUT2D eigenvalue weighted by atomic mass is 10.2. The van der Waals surface area contributed by atoms with E-state index in [9.17, 15) is 27.9 Å². The van der Waals surface area contributed by atoms with Gasteiger partial charge in [0.05, 0.1) is 17.9 Å². The molecule has 2 N–H and O–H groups in total. The van der Waals surface area contributed by atoms with Crippen LogP contribution < -0.4 is 10.2 Å². The van der Waals surface area contributed by atoms with Gasteiger partial charge in [-0.25, -0.2) is 19.9 Å². The van der Waals surface area contributed by atoms with E-state index in [0.717, 1.165) is 12.4 Å². The van der Waals surface area contributed by atoms with Crippen LogP contribution in [0.2, 0.25) is 0 Å². The molecule has 12 nitrogen and oxygen atoms in total. The molecule has 212 valence electrons. The van der Waals surface area contributed by atoms with Crippen molar-refractivity contribution in [2.24, 2.45) is 0 Å². The molecule has 0 radical (unpaired) electrons. The normalized spacial score (nSPS) is 16.0. The number of amides is 2. The zero-order valence-electron chi connectivity index (χ0n) is 22.0. The van der Waals surface area contributed by atoms with Gasteiger partial charge < -0.3 is 19.9 Å². The van der Waals surface area contributed by atoms with Crippen LogP contribution in [0.1, 0.15) is 40.8 Å². The minimum atomic E-state index is -4.67. The van der Waals surface area contributed by atoms with Crippen molar-refractivity contribution in [3.63, 3.8) is 0 Å². The van der Waals surface area contributed by atoms with Gasteiger partial charge in [-0.15, -0.1) is 0 Å². The predicted octanol–water partition coefficient (Wildman–Crippen LogP) is 3.03. The number of imidazole rings is 1. The lowest BCUT2D eigenvalue weighted by molar-refractivity contribution is -0.145. The first kappa shape index (κ1) is 27.6. The van der Waals surface area contributed by atoms with Crippen LogP contribution in [-0.2, 0) is 17.5 Å². The van der Waals surface area contributed by atoms with Gasteiger partial charge in [0.2, 0.25) is 18.1 Å². The molecule has 0 aromatic carbocycles. The van der Waals surface area contributed by atoms with Crippen LogP contribution in [0.4, 0.5) is 24.8 Å². The van der Waals surface area contributed by atoms with Crippen molar-refractivity contribution in [2.75, 3.05) is 17.3 Å². The number of hydrogen-bond donors (Lipinski definition) is 2. The lowest BCUT2D eigenvalue weighted by Crippen LogP contribution is -2.54. The number of alkyl halides is 3. The number of nitrogens with one attached hydrogen (secondary N) is 1. The maximum atomic E-state index is 13.6. The number of fused-ring (bicyclic) bond motifs is 1. The Hall–Kier alpha value is -4.92. The monoisotopic (exact) mass is 567 g/mol. The number of pyridine rings is 2. The number of carbonyl (C=O) groups excluding carboxylic acids is 2. The molecular formula is C26H24F3N9O3. The van der Waals surface area contributed by atoms with Gasteiger partial charge >= 0.3 is 6.18 Å². The van der Waals surface area contributed by atoms with Crippen LogP contribution in [0.15, 0.2) is 55.0 Å². The Balaban J connectivity index is 1.39. The lowest BCUT2D eigenvalue weighted by Gasteiger charge is -2.38. The second kappa shape index (κ2) is 10.6. The van der Waals surface area contributed by atoms with Crippen molar-refractivity contribution < 1.29 is 27.9 Å². The third kappa shape index (κ3) is 5.30. The number of anilines is 2. The molecule has 0 fully saturated rings. The topological polar surface area (TPSA) is 142 Å². The molecule has 5 heterocycles. The highest BCUT2D eigenvalue weighted by molar-refractivity contribution is 6.01. The third-order valence-electron chi connectivity index (χ3n) is 6.52. The molecule has 1 aliphatic rings. The summed E-state index contributed by atoms with van der Waals surface area (Å²) in [5.41, 5.74) is 1.16. The summed E-state index contributed by atoms with van der Waals surface area (Å²) in [6.07, 6.45) is -2.39. The van der Waals surface area contributed by atoms with E-state index < -0.39 is 36.2 Å². The standard InChI is InChI=1S/C26H24F3N9O3/c1-14(22(39)35-19-9-6-8-18(34-19)16-11-31-24(32-12-16)26(27,28)29)38-15(2)33-21-20(38)23(40)37(25(41)36(21)3)13-17-7-4-5-10-30-17/h4-12,14,25,41H,13H2,1-3H3,(H,34,35,39)/t14-,25?/m0/s1. The summed E-state index contributed by atoms with van der Waals surface area (Å²) in [6, 6.07) is 8.92. The van der Waals surface area contributed by atoms with Crippen molar-refractivity contribution >= 4 is 23.5 Å². The highest BCUT2D eigenvalue weighted by atomic mass is 19.4.